The monoisotopic (exact) mass is 212 g/mol. The highest BCUT2D eigenvalue weighted by Gasteiger charge is 2.18. The zero-order valence-electron chi connectivity index (χ0n) is 7.24. The Bertz CT molecular complexity index is 441. The van der Waals surface area contributed by atoms with Gasteiger partial charge in [-0.2, -0.15) is 0 Å². The number of hydrogen-bond donors (Lipinski definition) is 2. The van der Waals surface area contributed by atoms with Crippen molar-refractivity contribution in [1.29, 1.82) is 0 Å². The van der Waals surface area contributed by atoms with Gasteiger partial charge in [-0.15, -0.1) is 0 Å². The van der Waals surface area contributed by atoms with E-state index in [1.54, 1.807) is 0 Å². The number of carboxylic acid groups (broad SMARTS) is 1. The number of aromatic amines is 1. The van der Waals surface area contributed by atoms with E-state index in [2.05, 4.69) is 9.97 Å². The number of rotatable bonds is 2. The van der Waals surface area contributed by atoms with Crippen LogP contribution >= 0.6 is 12.2 Å². The van der Waals surface area contributed by atoms with Gasteiger partial charge in [-0.3, -0.25) is 4.79 Å². The fourth-order valence-electron chi connectivity index (χ4n) is 1.43. The zero-order chi connectivity index (χ0) is 10.1. The molecule has 0 radical (unpaired) electrons. The summed E-state index contributed by atoms with van der Waals surface area (Å²) in [4.78, 5) is 17.4. The number of hydrogen-bond acceptors (Lipinski definition) is 4. The van der Waals surface area contributed by atoms with Gasteiger partial charge in [-0.1, -0.05) is 0 Å². The third kappa shape index (κ3) is 1.66. The summed E-state index contributed by atoms with van der Waals surface area (Å²) < 4.78 is 5.49. The molecule has 6 heteroatoms. The van der Waals surface area contributed by atoms with E-state index >= 15 is 0 Å². The van der Waals surface area contributed by atoms with Gasteiger partial charge < -0.3 is 14.8 Å². The smallest absolute Gasteiger partial charge is 0.309 e. The molecule has 0 bridgehead atoms. The molecule has 2 heterocycles. The molecule has 0 saturated carbocycles. The Labute approximate surface area is 84.8 Å². The largest absolute Gasteiger partial charge is 0.481 e. The van der Waals surface area contributed by atoms with Crippen LogP contribution < -0.4 is 0 Å². The molecule has 0 atom stereocenters. The van der Waals surface area contributed by atoms with Crippen molar-refractivity contribution in [2.24, 2.45) is 0 Å². The zero-order valence-corrected chi connectivity index (χ0v) is 8.06. The van der Waals surface area contributed by atoms with Gasteiger partial charge in [0, 0.05) is 5.56 Å². The van der Waals surface area contributed by atoms with E-state index in [4.69, 9.17) is 22.1 Å². The molecule has 1 aliphatic rings. The van der Waals surface area contributed by atoms with Gasteiger partial charge in [0.05, 0.1) is 31.0 Å². The molecule has 14 heavy (non-hydrogen) atoms. The number of nitrogens with zero attached hydrogens (tertiary/aromatic N) is 1. The van der Waals surface area contributed by atoms with Crippen molar-refractivity contribution < 1.29 is 14.6 Å². The summed E-state index contributed by atoms with van der Waals surface area (Å²) in [5.41, 5.74) is 2.19. The molecule has 0 fully saturated rings. The summed E-state index contributed by atoms with van der Waals surface area (Å²) in [6.07, 6.45) is -0.107. The standard InChI is InChI=1S/C8H8N2O3S/c11-7(12)1-5-4-2-13-3-6(4)10-8(14)9-5/h1-3H2,(H,11,12)(H,9,10,14). The summed E-state index contributed by atoms with van der Waals surface area (Å²) in [7, 11) is 0. The van der Waals surface area contributed by atoms with Crippen molar-refractivity contribution in [3.8, 4) is 0 Å². The van der Waals surface area contributed by atoms with Crippen LogP contribution in [0.25, 0.3) is 0 Å². The van der Waals surface area contributed by atoms with Gasteiger partial charge in [0.1, 0.15) is 0 Å². The molecule has 1 aromatic heterocycles. The first-order valence-electron chi connectivity index (χ1n) is 4.07. The van der Waals surface area contributed by atoms with Crippen molar-refractivity contribution >= 4 is 18.2 Å². The van der Waals surface area contributed by atoms with Gasteiger partial charge in [0.15, 0.2) is 4.77 Å². The Kier molecular flexibility index (Phi) is 2.30. The predicted octanol–water partition coefficient (Wildman–Crippen LogP) is 0.796. The number of carboxylic acids is 1. The molecule has 0 amide bonds. The molecule has 1 aromatic rings. The van der Waals surface area contributed by atoms with Crippen LogP contribution in [0, 0.1) is 4.77 Å². The van der Waals surface area contributed by atoms with Crippen LogP contribution in [0.4, 0.5) is 0 Å². The van der Waals surface area contributed by atoms with Gasteiger partial charge in [-0.05, 0) is 12.2 Å². The highest BCUT2D eigenvalue weighted by molar-refractivity contribution is 7.71. The minimum atomic E-state index is -0.910. The van der Waals surface area contributed by atoms with Crippen LogP contribution in [-0.2, 0) is 29.2 Å². The molecule has 1 aliphatic heterocycles. The molecule has 2 N–H and O–H groups in total. The highest BCUT2D eigenvalue weighted by atomic mass is 32.1. The van der Waals surface area contributed by atoms with Crippen molar-refractivity contribution in [3.63, 3.8) is 0 Å². The minimum Gasteiger partial charge on any atom is -0.481 e. The van der Waals surface area contributed by atoms with Crippen molar-refractivity contribution in [1.82, 2.24) is 9.97 Å². The number of fused-ring (bicyclic) bond motifs is 1. The van der Waals surface area contributed by atoms with E-state index < -0.39 is 5.97 Å². The lowest BCUT2D eigenvalue weighted by atomic mass is 10.1. The molecule has 0 aliphatic carbocycles. The maximum absolute atomic E-state index is 10.6. The van der Waals surface area contributed by atoms with Crippen LogP contribution in [0.15, 0.2) is 0 Å². The molecule has 74 valence electrons. The number of aliphatic carboxylic acids is 1. The first kappa shape index (κ1) is 9.29. The molecule has 2 rings (SSSR count). The fraction of sp³-hybridized carbons (Fsp3) is 0.375. The van der Waals surface area contributed by atoms with Gasteiger partial charge >= 0.3 is 5.97 Å². The summed E-state index contributed by atoms with van der Waals surface area (Å²) >= 11 is 4.88. The summed E-state index contributed by atoms with van der Waals surface area (Å²) in [6.45, 7) is 0.866. The number of carbonyl (C=O) groups is 1. The van der Waals surface area contributed by atoms with Gasteiger partial charge in [-0.25, -0.2) is 4.98 Å². The van der Waals surface area contributed by atoms with E-state index in [9.17, 15) is 4.79 Å². The molecule has 0 unspecified atom stereocenters. The number of ether oxygens (including phenoxy) is 1. The van der Waals surface area contributed by atoms with Crippen LogP contribution in [0.5, 0.6) is 0 Å². The summed E-state index contributed by atoms with van der Waals surface area (Å²) in [6, 6.07) is 0. The Balaban J connectivity index is 2.48. The SMILES string of the molecule is O=C(O)Cc1nc(=S)[nH]c2c1COC2. The molecule has 5 nitrogen and oxygen atoms in total. The average molecular weight is 212 g/mol. The van der Waals surface area contributed by atoms with Crippen molar-refractivity contribution in [2.45, 2.75) is 19.6 Å². The number of nitrogens with one attached hydrogen (secondary N) is 1. The minimum absolute atomic E-state index is 0.107. The Morgan fingerprint density at radius 3 is 3.14 bits per heavy atom. The highest BCUT2D eigenvalue weighted by Crippen LogP contribution is 2.20. The fourth-order valence-corrected chi connectivity index (χ4v) is 1.67. The van der Waals surface area contributed by atoms with E-state index in [0.29, 0.717) is 23.7 Å². The summed E-state index contributed by atoms with van der Waals surface area (Å²) in [5.74, 6) is -0.910. The lowest BCUT2D eigenvalue weighted by molar-refractivity contribution is -0.136. The second kappa shape index (κ2) is 3.47. The lowest BCUT2D eigenvalue weighted by Crippen LogP contribution is -2.07. The van der Waals surface area contributed by atoms with E-state index in [1.165, 1.54) is 0 Å². The van der Waals surface area contributed by atoms with E-state index in [-0.39, 0.29) is 6.42 Å². The van der Waals surface area contributed by atoms with Crippen molar-refractivity contribution in [2.75, 3.05) is 0 Å². The quantitative estimate of drug-likeness (QED) is 0.709. The maximum Gasteiger partial charge on any atom is 0.309 e. The normalized spacial score (nSPS) is 14.0. The maximum atomic E-state index is 10.6. The first-order chi connectivity index (χ1) is 6.66. The van der Waals surface area contributed by atoms with Crippen LogP contribution in [0.1, 0.15) is 17.0 Å². The topological polar surface area (TPSA) is 75.2 Å². The molecular weight excluding hydrogens is 204 g/mol. The number of aromatic nitrogens is 2. The second-order valence-electron chi connectivity index (χ2n) is 3.01. The van der Waals surface area contributed by atoms with Gasteiger partial charge in [0.25, 0.3) is 0 Å². The van der Waals surface area contributed by atoms with Crippen LogP contribution in [0.2, 0.25) is 0 Å². The summed E-state index contributed by atoms with van der Waals surface area (Å²) in [5, 5.41) is 8.66. The molecule has 0 saturated heterocycles. The second-order valence-corrected chi connectivity index (χ2v) is 3.40. The average Bonchev–Trinajstić information content (AvgIpc) is 2.50. The third-order valence-corrected chi connectivity index (χ3v) is 2.21. The van der Waals surface area contributed by atoms with Crippen LogP contribution in [-0.4, -0.2) is 21.0 Å². The van der Waals surface area contributed by atoms with E-state index in [0.717, 1.165) is 11.3 Å². The van der Waals surface area contributed by atoms with Gasteiger partial charge in [0.2, 0.25) is 0 Å². The molecule has 0 aromatic carbocycles. The third-order valence-electron chi connectivity index (χ3n) is 2.02. The molecular formula is C8H8N2O3S. The van der Waals surface area contributed by atoms with Crippen LogP contribution in [0.3, 0.4) is 0 Å². The Hall–Kier alpha value is -1.27. The Morgan fingerprint density at radius 1 is 1.64 bits per heavy atom. The Morgan fingerprint density at radius 2 is 2.43 bits per heavy atom. The number of H-pyrrole nitrogens is 1. The van der Waals surface area contributed by atoms with Crippen molar-refractivity contribution in [3.05, 3.63) is 21.7 Å². The predicted molar refractivity (Wildman–Crippen MR) is 49.3 cm³/mol. The lowest BCUT2D eigenvalue weighted by Gasteiger charge is -2.02. The first-order valence-corrected chi connectivity index (χ1v) is 4.48. The van der Waals surface area contributed by atoms with E-state index in [1.807, 2.05) is 0 Å². The molecule has 0 spiro atoms.